The van der Waals surface area contributed by atoms with Gasteiger partial charge in [0.25, 0.3) is 0 Å². The van der Waals surface area contributed by atoms with E-state index >= 15 is 0 Å². The number of nitrogens with one attached hydrogen (secondary N) is 1. The van der Waals surface area contributed by atoms with Gasteiger partial charge in [0.1, 0.15) is 0 Å². The molecule has 1 unspecified atom stereocenters. The van der Waals surface area contributed by atoms with Gasteiger partial charge in [-0.1, -0.05) is 6.07 Å². The molecule has 0 aliphatic carbocycles. The fourth-order valence-corrected chi connectivity index (χ4v) is 4.75. The van der Waals surface area contributed by atoms with E-state index in [9.17, 15) is 13.2 Å². The van der Waals surface area contributed by atoms with Gasteiger partial charge in [0.15, 0.2) is 0 Å². The van der Waals surface area contributed by atoms with Crippen molar-refractivity contribution in [1.82, 2.24) is 14.6 Å². The van der Waals surface area contributed by atoms with Crippen LogP contribution >= 0.6 is 0 Å². The van der Waals surface area contributed by atoms with Crippen molar-refractivity contribution in [3.63, 3.8) is 0 Å². The number of carbonyl (C=O) groups is 1. The highest BCUT2D eigenvalue weighted by Gasteiger charge is 2.30. The Labute approximate surface area is 146 Å². The Morgan fingerprint density at radius 3 is 3.00 bits per heavy atom. The fraction of sp³-hybridized carbons (Fsp3) is 0.412. The second-order valence-electron chi connectivity index (χ2n) is 6.25. The van der Waals surface area contributed by atoms with Gasteiger partial charge in [-0.05, 0) is 49.6 Å². The standard InChI is InChI=1S/C17H21N3O4S/c21-17(22)11-18-10-13-3-2-8-20(12-13)25(23,24)15-5-6-16-14(9-15)4-1-7-19-16/h1,4-7,9,13,18H,2-3,8,10-12H2,(H,21,22). The van der Waals surface area contributed by atoms with E-state index in [1.807, 2.05) is 6.07 Å². The molecule has 1 aliphatic heterocycles. The largest absolute Gasteiger partial charge is 0.480 e. The van der Waals surface area contributed by atoms with Crippen LogP contribution in [0.1, 0.15) is 12.8 Å². The molecule has 1 fully saturated rings. The summed E-state index contributed by atoms with van der Waals surface area (Å²) in [7, 11) is -3.57. The quantitative estimate of drug-likeness (QED) is 0.803. The molecule has 8 heteroatoms. The van der Waals surface area contributed by atoms with Crippen molar-refractivity contribution in [2.24, 2.45) is 5.92 Å². The minimum Gasteiger partial charge on any atom is -0.480 e. The smallest absolute Gasteiger partial charge is 0.317 e. The molecule has 1 saturated heterocycles. The predicted octanol–water partition coefficient (Wildman–Crippen LogP) is 1.31. The molecule has 2 heterocycles. The summed E-state index contributed by atoms with van der Waals surface area (Å²) in [6.07, 6.45) is 3.34. The zero-order valence-corrected chi connectivity index (χ0v) is 14.6. The number of sulfonamides is 1. The highest BCUT2D eigenvalue weighted by molar-refractivity contribution is 7.89. The zero-order chi connectivity index (χ0) is 17.9. The van der Waals surface area contributed by atoms with Gasteiger partial charge < -0.3 is 10.4 Å². The van der Waals surface area contributed by atoms with Crippen molar-refractivity contribution in [3.8, 4) is 0 Å². The third kappa shape index (κ3) is 4.15. The number of hydrogen-bond donors (Lipinski definition) is 2. The van der Waals surface area contributed by atoms with Gasteiger partial charge in [0.2, 0.25) is 10.0 Å². The molecule has 1 aliphatic rings. The van der Waals surface area contributed by atoms with Crippen LogP contribution < -0.4 is 5.32 Å². The van der Waals surface area contributed by atoms with E-state index in [1.165, 1.54) is 4.31 Å². The molecule has 134 valence electrons. The van der Waals surface area contributed by atoms with Crippen molar-refractivity contribution < 1.29 is 18.3 Å². The van der Waals surface area contributed by atoms with E-state index < -0.39 is 16.0 Å². The Hall–Kier alpha value is -2.03. The SMILES string of the molecule is O=C(O)CNCC1CCCN(S(=O)(=O)c2ccc3ncccc3c2)C1. The molecule has 25 heavy (non-hydrogen) atoms. The van der Waals surface area contributed by atoms with Gasteiger partial charge in [-0.2, -0.15) is 4.31 Å². The second kappa shape index (κ2) is 7.47. The fourth-order valence-electron chi connectivity index (χ4n) is 3.16. The minimum atomic E-state index is -3.57. The molecule has 2 N–H and O–H groups in total. The summed E-state index contributed by atoms with van der Waals surface area (Å²) in [5, 5.41) is 12.3. The highest BCUT2D eigenvalue weighted by atomic mass is 32.2. The first-order valence-electron chi connectivity index (χ1n) is 8.24. The van der Waals surface area contributed by atoms with Crippen LogP contribution in [0.2, 0.25) is 0 Å². The Balaban J connectivity index is 1.75. The summed E-state index contributed by atoms with van der Waals surface area (Å²) in [5.74, 6) is -0.796. The van der Waals surface area contributed by atoms with Gasteiger partial charge >= 0.3 is 5.97 Å². The Bertz CT molecular complexity index is 869. The Kier molecular flexibility index (Phi) is 5.31. The lowest BCUT2D eigenvalue weighted by atomic mass is 10.00. The van der Waals surface area contributed by atoms with E-state index in [1.54, 1.807) is 30.5 Å². The van der Waals surface area contributed by atoms with Crippen LogP contribution in [-0.4, -0.2) is 55.0 Å². The van der Waals surface area contributed by atoms with E-state index in [0.29, 0.717) is 19.6 Å². The topological polar surface area (TPSA) is 99.6 Å². The lowest BCUT2D eigenvalue weighted by Gasteiger charge is -2.32. The monoisotopic (exact) mass is 363 g/mol. The Morgan fingerprint density at radius 1 is 1.36 bits per heavy atom. The minimum absolute atomic E-state index is 0.110. The second-order valence-corrected chi connectivity index (χ2v) is 8.19. The molecule has 0 radical (unpaired) electrons. The summed E-state index contributed by atoms with van der Waals surface area (Å²) < 4.78 is 27.4. The number of aromatic nitrogens is 1. The lowest BCUT2D eigenvalue weighted by Crippen LogP contribution is -2.43. The third-order valence-electron chi connectivity index (χ3n) is 4.40. The number of pyridine rings is 1. The molecule has 1 atom stereocenters. The molecule has 1 aromatic heterocycles. The predicted molar refractivity (Wildman–Crippen MR) is 93.7 cm³/mol. The highest BCUT2D eigenvalue weighted by Crippen LogP contribution is 2.25. The number of fused-ring (bicyclic) bond motifs is 1. The number of benzene rings is 1. The van der Waals surface area contributed by atoms with Gasteiger partial charge in [-0.3, -0.25) is 9.78 Å². The van der Waals surface area contributed by atoms with E-state index in [2.05, 4.69) is 10.3 Å². The lowest BCUT2D eigenvalue weighted by molar-refractivity contribution is -0.136. The number of carboxylic acids is 1. The molecule has 0 saturated carbocycles. The molecular formula is C17H21N3O4S. The normalized spacial score (nSPS) is 19.1. The number of rotatable bonds is 6. The van der Waals surface area contributed by atoms with Crippen LogP contribution in [0, 0.1) is 5.92 Å². The zero-order valence-electron chi connectivity index (χ0n) is 13.8. The van der Waals surface area contributed by atoms with Gasteiger partial charge in [0, 0.05) is 24.7 Å². The maximum absolute atomic E-state index is 12.9. The van der Waals surface area contributed by atoms with Crippen molar-refractivity contribution >= 4 is 26.9 Å². The molecule has 2 aromatic rings. The van der Waals surface area contributed by atoms with Crippen LogP contribution in [0.25, 0.3) is 10.9 Å². The van der Waals surface area contributed by atoms with Crippen molar-refractivity contribution in [2.45, 2.75) is 17.7 Å². The molecule has 3 rings (SSSR count). The average Bonchev–Trinajstić information content (AvgIpc) is 2.61. The van der Waals surface area contributed by atoms with E-state index in [-0.39, 0.29) is 17.4 Å². The average molecular weight is 363 g/mol. The summed E-state index contributed by atoms with van der Waals surface area (Å²) in [6.45, 7) is 1.28. The van der Waals surface area contributed by atoms with Crippen LogP contribution in [-0.2, 0) is 14.8 Å². The van der Waals surface area contributed by atoms with Gasteiger partial charge in [0.05, 0.1) is 17.0 Å². The summed E-state index contributed by atoms with van der Waals surface area (Å²) >= 11 is 0. The van der Waals surface area contributed by atoms with Gasteiger partial charge in [-0.15, -0.1) is 0 Å². The first kappa shape index (κ1) is 17.8. The van der Waals surface area contributed by atoms with Gasteiger partial charge in [-0.25, -0.2) is 8.42 Å². The number of nitrogens with zero attached hydrogens (tertiary/aromatic N) is 2. The van der Waals surface area contributed by atoms with Crippen LogP contribution in [0.3, 0.4) is 0 Å². The number of hydrogen-bond acceptors (Lipinski definition) is 5. The summed E-state index contributed by atoms with van der Waals surface area (Å²) in [4.78, 5) is 15.1. The summed E-state index contributed by atoms with van der Waals surface area (Å²) in [5.41, 5.74) is 0.760. The molecule has 1 aromatic carbocycles. The molecule has 0 amide bonds. The number of piperidine rings is 1. The van der Waals surface area contributed by atoms with E-state index in [4.69, 9.17) is 5.11 Å². The third-order valence-corrected chi connectivity index (χ3v) is 6.26. The van der Waals surface area contributed by atoms with Crippen LogP contribution in [0.15, 0.2) is 41.4 Å². The number of carboxylic acid groups (broad SMARTS) is 1. The first-order valence-corrected chi connectivity index (χ1v) is 9.68. The molecule has 0 bridgehead atoms. The first-order chi connectivity index (χ1) is 12.0. The van der Waals surface area contributed by atoms with Crippen molar-refractivity contribution in [1.29, 1.82) is 0 Å². The van der Waals surface area contributed by atoms with Crippen LogP contribution in [0.5, 0.6) is 0 Å². The van der Waals surface area contributed by atoms with Crippen molar-refractivity contribution in [3.05, 3.63) is 36.5 Å². The summed E-state index contributed by atoms with van der Waals surface area (Å²) in [6, 6.07) is 8.60. The van der Waals surface area contributed by atoms with Crippen molar-refractivity contribution in [2.75, 3.05) is 26.2 Å². The molecule has 0 spiro atoms. The maximum atomic E-state index is 12.9. The van der Waals surface area contributed by atoms with E-state index in [0.717, 1.165) is 23.7 Å². The van der Waals surface area contributed by atoms with Crippen LogP contribution in [0.4, 0.5) is 0 Å². The Morgan fingerprint density at radius 2 is 2.20 bits per heavy atom. The molecule has 7 nitrogen and oxygen atoms in total. The maximum Gasteiger partial charge on any atom is 0.317 e. The molecular weight excluding hydrogens is 342 g/mol. The number of aliphatic carboxylic acids is 1.